The van der Waals surface area contributed by atoms with E-state index in [9.17, 15) is 4.79 Å². The van der Waals surface area contributed by atoms with E-state index in [4.69, 9.17) is 28.6 Å². The van der Waals surface area contributed by atoms with Crippen molar-refractivity contribution in [2.75, 3.05) is 12.4 Å². The van der Waals surface area contributed by atoms with Crippen LogP contribution in [-0.4, -0.2) is 18.2 Å². The highest BCUT2D eigenvalue weighted by atomic mass is 35.5. The van der Waals surface area contributed by atoms with E-state index in [-0.39, 0.29) is 11.6 Å². The molecule has 0 aliphatic rings. The molecule has 0 aliphatic heterocycles. The van der Waals surface area contributed by atoms with Gasteiger partial charge in [-0.2, -0.15) is 0 Å². The van der Waals surface area contributed by atoms with Gasteiger partial charge >= 0.3 is 5.97 Å². The number of methoxy groups -OCH3 is 1. The monoisotopic (exact) mass is 424 g/mol. The number of benzene rings is 3. The average molecular weight is 425 g/mol. The molecule has 0 unspecified atom stereocenters. The number of halogens is 1. The minimum absolute atomic E-state index is 0.122. The van der Waals surface area contributed by atoms with Gasteiger partial charge in [0.05, 0.1) is 23.7 Å². The standard InChI is InChI=1S/C23H21ClN2O2S/c1-15-7-6-10-17(13-15)21(16-8-4-3-5-9-16)26-23(29)25-18-11-12-20(24)19(14-18)22(27)28-2/h3-14,21H,1-2H3,(H2,25,26,29)/t21-/m1/s1. The number of carbonyl (C=O) groups excluding carboxylic acids is 1. The lowest BCUT2D eigenvalue weighted by Gasteiger charge is -2.22. The van der Waals surface area contributed by atoms with Gasteiger partial charge in [0.1, 0.15) is 0 Å². The molecule has 0 fully saturated rings. The smallest absolute Gasteiger partial charge is 0.339 e. The van der Waals surface area contributed by atoms with Crippen molar-refractivity contribution in [3.8, 4) is 0 Å². The predicted molar refractivity (Wildman–Crippen MR) is 122 cm³/mol. The second-order valence-corrected chi connectivity index (χ2v) is 7.36. The molecule has 148 valence electrons. The van der Waals surface area contributed by atoms with Crippen molar-refractivity contribution in [1.82, 2.24) is 5.32 Å². The number of hydrogen-bond donors (Lipinski definition) is 2. The summed E-state index contributed by atoms with van der Waals surface area (Å²) in [5.41, 5.74) is 4.29. The third-order valence-electron chi connectivity index (χ3n) is 4.41. The highest BCUT2D eigenvalue weighted by Crippen LogP contribution is 2.24. The summed E-state index contributed by atoms with van der Waals surface area (Å²) in [6.07, 6.45) is 0. The summed E-state index contributed by atoms with van der Waals surface area (Å²) in [5.74, 6) is -0.501. The highest BCUT2D eigenvalue weighted by Gasteiger charge is 2.16. The van der Waals surface area contributed by atoms with Gasteiger partial charge in [-0.1, -0.05) is 71.8 Å². The van der Waals surface area contributed by atoms with Crippen LogP contribution < -0.4 is 10.6 Å². The molecule has 0 aliphatic carbocycles. The Morgan fingerprint density at radius 1 is 1.00 bits per heavy atom. The normalized spacial score (nSPS) is 11.4. The Hall–Kier alpha value is -2.89. The van der Waals surface area contributed by atoms with Gasteiger partial charge in [0.2, 0.25) is 0 Å². The first kappa shape index (κ1) is 20.8. The molecule has 3 aromatic carbocycles. The first-order valence-corrected chi connectivity index (χ1v) is 9.83. The molecule has 0 radical (unpaired) electrons. The molecule has 3 aromatic rings. The van der Waals surface area contributed by atoms with Gasteiger partial charge in [-0.15, -0.1) is 0 Å². The summed E-state index contributed by atoms with van der Waals surface area (Å²) >= 11 is 11.6. The molecule has 2 N–H and O–H groups in total. The van der Waals surface area contributed by atoms with Crippen LogP contribution >= 0.6 is 23.8 Å². The lowest BCUT2D eigenvalue weighted by Crippen LogP contribution is -2.33. The first-order valence-electron chi connectivity index (χ1n) is 9.05. The van der Waals surface area contributed by atoms with Crippen molar-refractivity contribution in [2.24, 2.45) is 0 Å². The van der Waals surface area contributed by atoms with Crippen LogP contribution in [0.1, 0.15) is 33.1 Å². The fraction of sp³-hybridized carbons (Fsp3) is 0.130. The van der Waals surface area contributed by atoms with E-state index >= 15 is 0 Å². The summed E-state index contributed by atoms with van der Waals surface area (Å²) in [4.78, 5) is 11.9. The van der Waals surface area contributed by atoms with Crippen molar-refractivity contribution in [2.45, 2.75) is 13.0 Å². The zero-order valence-electron chi connectivity index (χ0n) is 16.1. The van der Waals surface area contributed by atoms with E-state index in [1.54, 1.807) is 18.2 Å². The molecule has 0 saturated heterocycles. The Morgan fingerprint density at radius 2 is 1.72 bits per heavy atom. The summed E-state index contributed by atoms with van der Waals surface area (Å²) < 4.78 is 4.77. The number of nitrogens with one attached hydrogen (secondary N) is 2. The number of anilines is 1. The number of ether oxygens (including phenoxy) is 1. The van der Waals surface area contributed by atoms with Crippen LogP contribution in [-0.2, 0) is 4.74 Å². The molecule has 0 amide bonds. The van der Waals surface area contributed by atoms with Crippen molar-refractivity contribution >= 4 is 40.6 Å². The van der Waals surface area contributed by atoms with E-state index in [1.807, 2.05) is 24.3 Å². The Morgan fingerprint density at radius 3 is 2.41 bits per heavy atom. The number of rotatable bonds is 5. The largest absolute Gasteiger partial charge is 0.465 e. The Kier molecular flexibility index (Phi) is 6.86. The summed E-state index contributed by atoms with van der Waals surface area (Å²) in [5, 5.41) is 7.25. The Balaban J connectivity index is 1.83. The molecule has 0 aromatic heterocycles. The molecular formula is C23H21ClN2O2S. The van der Waals surface area contributed by atoms with E-state index < -0.39 is 5.97 Å². The van der Waals surface area contributed by atoms with E-state index in [0.717, 1.165) is 11.1 Å². The predicted octanol–water partition coefficient (Wildman–Crippen LogP) is 5.51. The van der Waals surface area contributed by atoms with Crippen LogP contribution in [0, 0.1) is 6.92 Å². The van der Waals surface area contributed by atoms with Gasteiger partial charge in [0, 0.05) is 5.69 Å². The zero-order valence-corrected chi connectivity index (χ0v) is 17.7. The highest BCUT2D eigenvalue weighted by molar-refractivity contribution is 7.80. The van der Waals surface area contributed by atoms with Crippen LogP contribution in [0.2, 0.25) is 5.02 Å². The van der Waals surface area contributed by atoms with Crippen molar-refractivity contribution < 1.29 is 9.53 Å². The molecule has 0 saturated carbocycles. The third-order valence-corrected chi connectivity index (χ3v) is 4.96. The maximum atomic E-state index is 11.9. The second kappa shape index (κ2) is 9.54. The van der Waals surface area contributed by atoms with E-state index in [2.05, 4.69) is 47.9 Å². The fourth-order valence-corrected chi connectivity index (χ4v) is 3.45. The van der Waals surface area contributed by atoms with Crippen molar-refractivity contribution in [3.05, 3.63) is 100 Å². The minimum atomic E-state index is -0.501. The lowest BCUT2D eigenvalue weighted by atomic mass is 9.97. The number of thiocarbonyl (C=S) groups is 1. The lowest BCUT2D eigenvalue weighted by molar-refractivity contribution is 0.0601. The number of esters is 1. The summed E-state index contributed by atoms with van der Waals surface area (Å²) in [6, 6.07) is 23.3. The van der Waals surface area contributed by atoms with Crippen LogP contribution in [0.15, 0.2) is 72.8 Å². The van der Waals surface area contributed by atoms with Crippen molar-refractivity contribution in [1.29, 1.82) is 0 Å². The topological polar surface area (TPSA) is 50.4 Å². The van der Waals surface area contributed by atoms with Crippen LogP contribution in [0.3, 0.4) is 0 Å². The van der Waals surface area contributed by atoms with Gasteiger partial charge in [-0.3, -0.25) is 0 Å². The SMILES string of the molecule is COC(=O)c1cc(NC(=S)N[C@H](c2ccccc2)c2cccc(C)c2)ccc1Cl. The first-order chi connectivity index (χ1) is 14.0. The quantitative estimate of drug-likeness (QED) is 0.417. The fourth-order valence-electron chi connectivity index (χ4n) is 3.02. The molecular weight excluding hydrogens is 404 g/mol. The Labute approximate surface area is 180 Å². The molecule has 4 nitrogen and oxygen atoms in total. The Bertz CT molecular complexity index is 1020. The maximum absolute atomic E-state index is 11.9. The minimum Gasteiger partial charge on any atom is -0.465 e. The molecule has 0 heterocycles. The van der Waals surface area contributed by atoms with E-state index in [0.29, 0.717) is 15.8 Å². The molecule has 6 heteroatoms. The van der Waals surface area contributed by atoms with Crippen LogP contribution in [0.25, 0.3) is 0 Å². The average Bonchev–Trinajstić information content (AvgIpc) is 2.73. The van der Waals surface area contributed by atoms with Gasteiger partial charge in [-0.25, -0.2) is 4.79 Å². The molecule has 29 heavy (non-hydrogen) atoms. The summed E-state index contributed by atoms with van der Waals surface area (Å²) in [6.45, 7) is 2.06. The summed E-state index contributed by atoms with van der Waals surface area (Å²) in [7, 11) is 1.32. The van der Waals surface area contributed by atoms with Gasteiger partial charge < -0.3 is 15.4 Å². The van der Waals surface area contributed by atoms with Gasteiger partial charge in [0.25, 0.3) is 0 Å². The van der Waals surface area contributed by atoms with Gasteiger partial charge in [-0.05, 0) is 48.5 Å². The van der Waals surface area contributed by atoms with Gasteiger partial charge in [0.15, 0.2) is 5.11 Å². The zero-order chi connectivity index (χ0) is 20.8. The molecule has 3 rings (SSSR count). The number of carbonyl (C=O) groups is 1. The molecule has 0 bridgehead atoms. The van der Waals surface area contributed by atoms with E-state index in [1.165, 1.54) is 12.7 Å². The van der Waals surface area contributed by atoms with Crippen LogP contribution in [0.5, 0.6) is 0 Å². The molecule has 1 atom stereocenters. The third kappa shape index (κ3) is 5.34. The van der Waals surface area contributed by atoms with Crippen molar-refractivity contribution in [3.63, 3.8) is 0 Å². The maximum Gasteiger partial charge on any atom is 0.339 e. The molecule has 0 spiro atoms. The number of aryl methyl sites for hydroxylation is 1. The number of hydrogen-bond acceptors (Lipinski definition) is 3. The van der Waals surface area contributed by atoms with Crippen LogP contribution in [0.4, 0.5) is 5.69 Å². The second-order valence-electron chi connectivity index (χ2n) is 6.54.